The fourth-order valence-corrected chi connectivity index (χ4v) is 1.23. The van der Waals surface area contributed by atoms with Crippen molar-refractivity contribution in [1.29, 1.82) is 0 Å². The van der Waals surface area contributed by atoms with Gasteiger partial charge in [0, 0.05) is 24.6 Å². The van der Waals surface area contributed by atoms with E-state index in [4.69, 9.17) is 0 Å². The first-order valence-corrected chi connectivity index (χ1v) is 4.95. The predicted octanol–water partition coefficient (Wildman–Crippen LogP) is 1.56. The fourth-order valence-electron chi connectivity index (χ4n) is 1.23. The Hall–Kier alpha value is -1.97. The third-order valence-corrected chi connectivity index (χ3v) is 2.20. The number of aromatic hydroxyl groups is 2. The lowest BCUT2D eigenvalue weighted by Gasteiger charge is -2.05. The van der Waals surface area contributed by atoms with Crippen LogP contribution in [0.5, 0.6) is 11.5 Å². The Morgan fingerprint density at radius 2 is 2.12 bits per heavy atom. The lowest BCUT2D eigenvalue weighted by molar-refractivity contribution is -0.118. The molecule has 0 saturated heterocycles. The fraction of sp³-hybridized carbons (Fsp3) is 0.250. The van der Waals surface area contributed by atoms with Crippen LogP contribution in [0, 0.1) is 6.92 Å². The van der Waals surface area contributed by atoms with Crippen LogP contribution in [0.25, 0.3) is 6.08 Å². The van der Waals surface area contributed by atoms with Crippen LogP contribution in [0.4, 0.5) is 0 Å². The van der Waals surface area contributed by atoms with E-state index in [9.17, 15) is 15.0 Å². The van der Waals surface area contributed by atoms with E-state index >= 15 is 0 Å². The Bertz CT molecular complexity index is 425. The largest absolute Gasteiger partial charge is 0.508 e. The molecule has 0 aliphatic carbocycles. The third-order valence-electron chi connectivity index (χ3n) is 2.20. The van der Waals surface area contributed by atoms with E-state index in [0.29, 0.717) is 17.7 Å². The average Bonchev–Trinajstić information content (AvgIpc) is 2.23. The zero-order valence-corrected chi connectivity index (χ0v) is 9.32. The van der Waals surface area contributed by atoms with E-state index < -0.39 is 0 Å². The summed E-state index contributed by atoms with van der Waals surface area (Å²) in [5.74, 6) is 0.0198. The molecule has 0 saturated carbocycles. The first-order chi connectivity index (χ1) is 7.52. The molecule has 0 heterocycles. The zero-order valence-electron chi connectivity index (χ0n) is 9.32. The highest BCUT2D eigenvalue weighted by atomic mass is 16.3. The molecule has 0 aromatic heterocycles. The second kappa shape index (κ2) is 5.21. The Labute approximate surface area is 94.2 Å². The molecule has 0 fully saturated rings. The van der Waals surface area contributed by atoms with Gasteiger partial charge in [0.15, 0.2) is 0 Å². The SMILES string of the molecule is CC(=O)NCC=Cc1ccc(O)c(C)c1O. The highest BCUT2D eigenvalue weighted by Gasteiger charge is 2.05. The minimum Gasteiger partial charge on any atom is -0.508 e. The van der Waals surface area contributed by atoms with Crippen molar-refractivity contribution in [2.24, 2.45) is 0 Å². The molecule has 0 bridgehead atoms. The number of hydrogen-bond donors (Lipinski definition) is 3. The minimum atomic E-state index is -0.101. The number of amides is 1. The summed E-state index contributed by atoms with van der Waals surface area (Å²) >= 11 is 0. The van der Waals surface area contributed by atoms with Gasteiger partial charge in [-0.1, -0.05) is 12.2 Å². The van der Waals surface area contributed by atoms with Gasteiger partial charge in [-0.3, -0.25) is 4.79 Å². The molecule has 1 amide bonds. The lowest BCUT2D eigenvalue weighted by atomic mass is 10.1. The second-order valence-corrected chi connectivity index (χ2v) is 3.49. The van der Waals surface area contributed by atoms with Crippen LogP contribution >= 0.6 is 0 Å². The van der Waals surface area contributed by atoms with Crippen molar-refractivity contribution < 1.29 is 15.0 Å². The van der Waals surface area contributed by atoms with Crippen LogP contribution in [0.15, 0.2) is 18.2 Å². The Kier molecular flexibility index (Phi) is 3.94. The molecule has 1 rings (SSSR count). The number of nitrogens with one attached hydrogen (secondary N) is 1. The van der Waals surface area contributed by atoms with Crippen molar-refractivity contribution >= 4 is 12.0 Å². The van der Waals surface area contributed by atoms with E-state index in [-0.39, 0.29) is 17.4 Å². The summed E-state index contributed by atoms with van der Waals surface area (Å²) in [6, 6.07) is 3.13. The van der Waals surface area contributed by atoms with Gasteiger partial charge in [0.25, 0.3) is 0 Å². The standard InChI is InChI=1S/C12H15NO3/c1-8-11(15)6-5-10(12(8)16)4-3-7-13-9(2)14/h3-6,15-16H,7H2,1-2H3,(H,13,14). The van der Waals surface area contributed by atoms with Crippen molar-refractivity contribution in [1.82, 2.24) is 5.32 Å². The van der Waals surface area contributed by atoms with E-state index in [1.165, 1.54) is 13.0 Å². The smallest absolute Gasteiger partial charge is 0.217 e. The van der Waals surface area contributed by atoms with Gasteiger partial charge in [-0.2, -0.15) is 0 Å². The van der Waals surface area contributed by atoms with Gasteiger partial charge in [-0.25, -0.2) is 0 Å². The van der Waals surface area contributed by atoms with Crippen LogP contribution in [-0.4, -0.2) is 22.7 Å². The van der Waals surface area contributed by atoms with E-state index in [1.54, 1.807) is 25.1 Å². The zero-order chi connectivity index (χ0) is 12.1. The molecule has 0 aliphatic rings. The average molecular weight is 221 g/mol. The summed E-state index contributed by atoms with van der Waals surface area (Å²) in [5.41, 5.74) is 1.06. The second-order valence-electron chi connectivity index (χ2n) is 3.49. The van der Waals surface area contributed by atoms with E-state index in [2.05, 4.69) is 5.32 Å². The van der Waals surface area contributed by atoms with Gasteiger partial charge in [-0.15, -0.1) is 0 Å². The number of hydrogen-bond acceptors (Lipinski definition) is 3. The number of phenolic OH excluding ortho intramolecular Hbond substituents is 2. The van der Waals surface area contributed by atoms with Gasteiger partial charge in [0.2, 0.25) is 5.91 Å². The Morgan fingerprint density at radius 3 is 2.75 bits per heavy atom. The molecular formula is C12H15NO3. The molecule has 0 aliphatic heterocycles. The van der Waals surface area contributed by atoms with Gasteiger partial charge < -0.3 is 15.5 Å². The summed E-state index contributed by atoms with van der Waals surface area (Å²) < 4.78 is 0. The predicted molar refractivity (Wildman–Crippen MR) is 62.2 cm³/mol. The summed E-state index contributed by atoms with van der Waals surface area (Å²) in [6.07, 6.45) is 3.42. The highest BCUT2D eigenvalue weighted by molar-refractivity contribution is 5.73. The molecule has 4 heteroatoms. The number of phenols is 2. The molecule has 86 valence electrons. The van der Waals surface area contributed by atoms with Crippen LogP contribution in [0.3, 0.4) is 0 Å². The van der Waals surface area contributed by atoms with Gasteiger partial charge in [-0.05, 0) is 19.1 Å². The summed E-state index contributed by atoms with van der Waals surface area (Å²) in [6.45, 7) is 3.49. The topological polar surface area (TPSA) is 69.6 Å². The lowest BCUT2D eigenvalue weighted by Crippen LogP contribution is -2.19. The van der Waals surface area contributed by atoms with Crippen LogP contribution in [0.1, 0.15) is 18.1 Å². The third kappa shape index (κ3) is 3.02. The Balaban J connectivity index is 2.74. The van der Waals surface area contributed by atoms with Crippen molar-refractivity contribution in [3.05, 3.63) is 29.3 Å². The quantitative estimate of drug-likeness (QED) is 0.725. The molecule has 1 aromatic carbocycles. The summed E-state index contributed by atoms with van der Waals surface area (Å²) in [4.78, 5) is 10.6. The van der Waals surface area contributed by atoms with Gasteiger partial charge in [0.05, 0.1) is 0 Å². The number of carbonyl (C=O) groups is 1. The molecule has 4 nitrogen and oxygen atoms in total. The summed E-state index contributed by atoms with van der Waals surface area (Å²) in [5, 5.41) is 21.6. The number of carbonyl (C=O) groups excluding carboxylic acids is 1. The molecule has 1 aromatic rings. The Morgan fingerprint density at radius 1 is 1.44 bits per heavy atom. The minimum absolute atomic E-state index is 0.0547. The molecular weight excluding hydrogens is 206 g/mol. The van der Waals surface area contributed by atoms with Crippen molar-refractivity contribution in [2.45, 2.75) is 13.8 Å². The first kappa shape index (κ1) is 12.1. The number of benzene rings is 1. The molecule has 0 unspecified atom stereocenters. The van der Waals surface area contributed by atoms with Gasteiger partial charge in [0.1, 0.15) is 11.5 Å². The van der Waals surface area contributed by atoms with Crippen LogP contribution in [-0.2, 0) is 4.79 Å². The van der Waals surface area contributed by atoms with E-state index in [1.807, 2.05) is 0 Å². The molecule has 16 heavy (non-hydrogen) atoms. The maximum Gasteiger partial charge on any atom is 0.217 e. The van der Waals surface area contributed by atoms with Crippen molar-refractivity contribution in [3.63, 3.8) is 0 Å². The molecule has 0 atom stereocenters. The molecule has 0 spiro atoms. The molecule has 3 N–H and O–H groups in total. The van der Waals surface area contributed by atoms with Crippen molar-refractivity contribution in [2.75, 3.05) is 6.54 Å². The van der Waals surface area contributed by atoms with Crippen molar-refractivity contribution in [3.8, 4) is 11.5 Å². The van der Waals surface area contributed by atoms with Gasteiger partial charge >= 0.3 is 0 Å². The molecule has 0 radical (unpaired) electrons. The normalized spacial score (nSPS) is 10.6. The first-order valence-electron chi connectivity index (χ1n) is 4.95. The maximum absolute atomic E-state index is 10.6. The monoisotopic (exact) mass is 221 g/mol. The van der Waals surface area contributed by atoms with E-state index in [0.717, 1.165) is 0 Å². The summed E-state index contributed by atoms with van der Waals surface area (Å²) in [7, 11) is 0. The maximum atomic E-state index is 10.6. The van der Waals surface area contributed by atoms with Crippen LogP contribution in [0.2, 0.25) is 0 Å². The highest BCUT2D eigenvalue weighted by Crippen LogP contribution is 2.29. The van der Waals surface area contributed by atoms with Crippen LogP contribution < -0.4 is 5.32 Å². The number of rotatable bonds is 3.